The minimum Gasteiger partial charge on any atom is -0.460 e. The van der Waals surface area contributed by atoms with Crippen LogP contribution in [0.3, 0.4) is 0 Å². The number of anilines is 1. The first-order chi connectivity index (χ1) is 17.2. The van der Waals surface area contributed by atoms with Crippen LogP contribution in [0.25, 0.3) is 0 Å². The summed E-state index contributed by atoms with van der Waals surface area (Å²) < 4.78 is 5.37. The first kappa shape index (κ1) is 28.9. The zero-order chi connectivity index (χ0) is 27.4. The van der Waals surface area contributed by atoms with Gasteiger partial charge in [0.15, 0.2) is 5.11 Å². The number of rotatable bonds is 6. The van der Waals surface area contributed by atoms with Crippen LogP contribution in [0.15, 0.2) is 18.2 Å². The van der Waals surface area contributed by atoms with Crippen molar-refractivity contribution in [1.29, 1.82) is 0 Å². The third-order valence-corrected chi connectivity index (χ3v) is 7.43. The SMILES string of the molecule is CC(=O)N[C@@H](CCC(=O)OC(C)(C)C)C(=O)N1CCC2(CCN(C(=S)Nc3cc(C)cc(C)c3)CC2)C1. The van der Waals surface area contributed by atoms with Crippen LogP contribution in [0.5, 0.6) is 0 Å². The van der Waals surface area contributed by atoms with Crippen molar-refractivity contribution < 1.29 is 19.1 Å². The number of piperidine rings is 1. The highest BCUT2D eigenvalue weighted by Crippen LogP contribution is 2.40. The van der Waals surface area contributed by atoms with E-state index < -0.39 is 11.6 Å². The number of nitrogens with one attached hydrogen (secondary N) is 2. The van der Waals surface area contributed by atoms with Gasteiger partial charge in [0.25, 0.3) is 0 Å². The van der Waals surface area contributed by atoms with Gasteiger partial charge in [0.2, 0.25) is 11.8 Å². The van der Waals surface area contributed by atoms with Gasteiger partial charge in [-0.1, -0.05) is 6.07 Å². The highest BCUT2D eigenvalue weighted by Gasteiger charge is 2.43. The van der Waals surface area contributed by atoms with Crippen molar-refractivity contribution in [2.75, 3.05) is 31.5 Å². The molecule has 2 aliphatic rings. The van der Waals surface area contributed by atoms with Crippen molar-refractivity contribution >= 4 is 40.8 Å². The Bertz CT molecular complexity index is 1010. The summed E-state index contributed by atoms with van der Waals surface area (Å²) in [5, 5.41) is 6.87. The van der Waals surface area contributed by atoms with E-state index in [1.54, 1.807) is 0 Å². The summed E-state index contributed by atoms with van der Waals surface area (Å²) in [4.78, 5) is 41.4. The van der Waals surface area contributed by atoms with Crippen LogP contribution in [0, 0.1) is 19.3 Å². The lowest BCUT2D eigenvalue weighted by Crippen LogP contribution is -2.49. The molecule has 0 aliphatic carbocycles. The Kier molecular flexibility index (Phi) is 9.21. The number of amides is 2. The van der Waals surface area contributed by atoms with Crippen molar-refractivity contribution in [3.63, 3.8) is 0 Å². The van der Waals surface area contributed by atoms with E-state index in [1.807, 2.05) is 25.7 Å². The maximum Gasteiger partial charge on any atom is 0.306 e. The quantitative estimate of drug-likeness (QED) is 0.425. The highest BCUT2D eigenvalue weighted by atomic mass is 32.1. The molecule has 1 atom stereocenters. The number of thiocarbonyl (C=S) groups is 1. The molecule has 1 aromatic rings. The Balaban J connectivity index is 1.54. The number of nitrogens with zero attached hydrogens (tertiary/aromatic N) is 2. The number of esters is 1. The minimum atomic E-state index is -0.727. The number of hydrogen-bond acceptors (Lipinski definition) is 5. The van der Waals surface area contributed by atoms with Gasteiger partial charge in [-0.05, 0) is 101 Å². The Morgan fingerprint density at radius 3 is 2.14 bits per heavy atom. The lowest BCUT2D eigenvalue weighted by atomic mass is 9.78. The van der Waals surface area contributed by atoms with E-state index in [0.29, 0.717) is 13.1 Å². The predicted octanol–water partition coefficient (Wildman–Crippen LogP) is 3.94. The second-order valence-electron chi connectivity index (χ2n) is 11.7. The molecule has 3 rings (SSSR count). The number of carbonyl (C=O) groups excluding carboxylic acids is 3. The Labute approximate surface area is 226 Å². The number of likely N-dealkylation sites (tertiary alicyclic amines) is 2. The number of hydrogen-bond donors (Lipinski definition) is 2. The van der Waals surface area contributed by atoms with Crippen molar-refractivity contribution in [2.24, 2.45) is 5.41 Å². The van der Waals surface area contributed by atoms with Crippen molar-refractivity contribution in [1.82, 2.24) is 15.1 Å². The van der Waals surface area contributed by atoms with Crippen LogP contribution >= 0.6 is 12.2 Å². The number of aryl methyl sites for hydroxylation is 2. The number of ether oxygens (including phenoxy) is 1. The van der Waals surface area contributed by atoms with Crippen molar-refractivity contribution in [3.8, 4) is 0 Å². The molecule has 1 spiro atoms. The second-order valence-corrected chi connectivity index (χ2v) is 12.1. The van der Waals surface area contributed by atoms with E-state index in [2.05, 4.69) is 47.6 Å². The van der Waals surface area contributed by atoms with Gasteiger partial charge in [-0.2, -0.15) is 0 Å². The molecular formula is C28H42N4O4S. The van der Waals surface area contributed by atoms with Gasteiger partial charge in [0, 0.05) is 45.2 Å². The molecule has 2 heterocycles. The fraction of sp³-hybridized carbons (Fsp3) is 0.643. The van der Waals surface area contributed by atoms with E-state index in [4.69, 9.17) is 17.0 Å². The van der Waals surface area contributed by atoms with Crippen LogP contribution in [0.1, 0.15) is 70.9 Å². The van der Waals surface area contributed by atoms with Gasteiger partial charge >= 0.3 is 5.97 Å². The van der Waals surface area contributed by atoms with Crippen LogP contribution in [0.4, 0.5) is 5.69 Å². The first-order valence-corrected chi connectivity index (χ1v) is 13.6. The summed E-state index contributed by atoms with van der Waals surface area (Å²) in [6.07, 6.45) is 3.14. The number of carbonyl (C=O) groups is 3. The second kappa shape index (κ2) is 11.8. The van der Waals surface area contributed by atoms with Crippen molar-refractivity contribution in [3.05, 3.63) is 29.3 Å². The number of benzene rings is 1. The summed E-state index contributed by atoms with van der Waals surface area (Å²) in [7, 11) is 0. The molecule has 8 nitrogen and oxygen atoms in total. The van der Waals surface area contributed by atoms with E-state index in [9.17, 15) is 14.4 Å². The zero-order valence-electron chi connectivity index (χ0n) is 23.1. The van der Waals surface area contributed by atoms with Crippen LogP contribution in [-0.4, -0.2) is 70.5 Å². The van der Waals surface area contributed by atoms with Gasteiger partial charge < -0.3 is 25.2 Å². The van der Waals surface area contributed by atoms with Crippen LogP contribution < -0.4 is 10.6 Å². The van der Waals surface area contributed by atoms with E-state index in [0.717, 1.165) is 43.2 Å². The summed E-state index contributed by atoms with van der Waals surface area (Å²) in [6.45, 7) is 14.0. The smallest absolute Gasteiger partial charge is 0.306 e. The van der Waals surface area contributed by atoms with Gasteiger partial charge in [-0.25, -0.2) is 0 Å². The van der Waals surface area contributed by atoms with Crippen molar-refractivity contribution in [2.45, 2.75) is 85.3 Å². The standard InChI is InChI=1S/C28H42N4O4S/c1-19-15-20(2)17-22(16-19)30-26(37)31-12-9-28(10-13-31)11-14-32(18-28)25(35)23(29-21(3)33)7-8-24(34)36-27(4,5)6/h15-17,23H,7-14,18H2,1-6H3,(H,29,33)(H,30,37)/t23-/m0/s1. The third kappa shape index (κ3) is 8.42. The summed E-state index contributed by atoms with van der Waals surface area (Å²) >= 11 is 5.70. The molecular weight excluding hydrogens is 488 g/mol. The molecule has 204 valence electrons. The molecule has 2 aliphatic heterocycles. The average Bonchev–Trinajstić information content (AvgIpc) is 3.18. The summed E-state index contributed by atoms with van der Waals surface area (Å²) in [6, 6.07) is 5.61. The largest absolute Gasteiger partial charge is 0.460 e. The lowest BCUT2D eigenvalue weighted by Gasteiger charge is -2.40. The molecule has 2 fully saturated rings. The molecule has 0 radical (unpaired) electrons. The van der Waals surface area contributed by atoms with Gasteiger partial charge in [0.1, 0.15) is 11.6 Å². The van der Waals surface area contributed by atoms with Crippen LogP contribution in [0.2, 0.25) is 0 Å². The third-order valence-electron chi connectivity index (χ3n) is 7.07. The molecule has 2 amide bonds. The fourth-order valence-electron chi connectivity index (χ4n) is 5.34. The maximum atomic E-state index is 13.4. The van der Waals surface area contributed by atoms with E-state index >= 15 is 0 Å². The normalized spacial score (nSPS) is 17.9. The minimum absolute atomic E-state index is 0.0631. The summed E-state index contributed by atoms with van der Waals surface area (Å²) in [5.74, 6) is -0.772. The van der Waals surface area contributed by atoms with Crippen LogP contribution in [-0.2, 0) is 19.1 Å². The fourth-order valence-corrected chi connectivity index (χ4v) is 5.64. The molecule has 0 saturated carbocycles. The molecule has 0 aromatic heterocycles. The van der Waals surface area contributed by atoms with Gasteiger partial charge in [-0.3, -0.25) is 14.4 Å². The molecule has 0 unspecified atom stereocenters. The maximum absolute atomic E-state index is 13.4. The van der Waals surface area contributed by atoms with E-state index in [-0.39, 0.29) is 36.0 Å². The Hall–Kier alpha value is -2.68. The molecule has 9 heteroatoms. The summed E-state index contributed by atoms with van der Waals surface area (Å²) in [5.41, 5.74) is 2.88. The molecule has 2 N–H and O–H groups in total. The molecule has 2 saturated heterocycles. The van der Waals surface area contributed by atoms with Gasteiger partial charge in [0.05, 0.1) is 0 Å². The molecule has 0 bridgehead atoms. The molecule has 37 heavy (non-hydrogen) atoms. The van der Waals surface area contributed by atoms with Gasteiger partial charge in [-0.15, -0.1) is 0 Å². The Morgan fingerprint density at radius 1 is 1.03 bits per heavy atom. The molecule has 1 aromatic carbocycles. The topological polar surface area (TPSA) is 91.0 Å². The lowest BCUT2D eigenvalue weighted by molar-refractivity contribution is -0.155. The van der Waals surface area contributed by atoms with E-state index in [1.165, 1.54) is 18.1 Å². The zero-order valence-corrected chi connectivity index (χ0v) is 23.9. The average molecular weight is 531 g/mol. The first-order valence-electron chi connectivity index (χ1n) is 13.2. The predicted molar refractivity (Wildman–Crippen MR) is 149 cm³/mol. The Morgan fingerprint density at radius 2 is 1.59 bits per heavy atom. The highest BCUT2D eigenvalue weighted by molar-refractivity contribution is 7.80. The monoisotopic (exact) mass is 530 g/mol.